The molecule has 1 aliphatic carbocycles. The van der Waals surface area contributed by atoms with Gasteiger partial charge in [0.25, 0.3) is 0 Å². The quantitative estimate of drug-likeness (QED) is 0.557. The van der Waals surface area contributed by atoms with Crippen molar-refractivity contribution >= 4 is 40.8 Å². The van der Waals surface area contributed by atoms with Gasteiger partial charge >= 0.3 is 0 Å². The molecule has 1 aromatic heterocycles. The number of anilines is 3. The van der Waals surface area contributed by atoms with Crippen molar-refractivity contribution in [2.24, 2.45) is 0 Å². The Labute approximate surface area is 172 Å². The molecule has 0 amide bonds. The van der Waals surface area contributed by atoms with Gasteiger partial charge in [-0.3, -0.25) is 0 Å². The number of rotatable bonds is 5. The minimum Gasteiger partial charge on any atom is -0.494 e. The molecule has 0 atom stereocenters. The Morgan fingerprint density at radius 2 is 1.68 bits per heavy atom. The number of para-hydroxylation sites is 2. The summed E-state index contributed by atoms with van der Waals surface area (Å²) in [5.41, 5.74) is 1.85. The molecule has 0 saturated heterocycles. The van der Waals surface area contributed by atoms with Crippen LogP contribution in [0, 0.1) is 0 Å². The van der Waals surface area contributed by atoms with Crippen molar-refractivity contribution < 1.29 is 4.74 Å². The van der Waals surface area contributed by atoms with E-state index in [1.165, 1.54) is 19.3 Å². The van der Waals surface area contributed by atoms with E-state index in [0.29, 0.717) is 5.95 Å². The van der Waals surface area contributed by atoms with Gasteiger partial charge in [0.05, 0.1) is 7.11 Å². The number of fused-ring (bicyclic) bond motifs is 1. The van der Waals surface area contributed by atoms with Crippen LogP contribution in [0.25, 0.3) is 10.9 Å². The third kappa shape index (κ3) is 4.30. The van der Waals surface area contributed by atoms with E-state index < -0.39 is 0 Å². The first-order valence-electron chi connectivity index (χ1n) is 9.62. The van der Waals surface area contributed by atoms with Gasteiger partial charge in [-0.15, -0.1) is 12.4 Å². The molecule has 0 aliphatic heterocycles. The Bertz CT molecular complexity index is 926. The number of hydrogen-bond donors (Lipinski definition) is 2. The zero-order valence-corrected chi connectivity index (χ0v) is 17.2. The third-order valence-electron chi connectivity index (χ3n) is 5.32. The zero-order valence-electron chi connectivity index (χ0n) is 16.4. The van der Waals surface area contributed by atoms with Crippen molar-refractivity contribution in [3.63, 3.8) is 0 Å². The van der Waals surface area contributed by atoms with Crippen LogP contribution in [0.15, 0.2) is 48.5 Å². The molecule has 1 aliphatic rings. The summed E-state index contributed by atoms with van der Waals surface area (Å²) in [5, 5.41) is 7.99. The van der Waals surface area contributed by atoms with E-state index in [0.717, 1.165) is 41.0 Å². The molecular formula is C22H27ClN4O. The monoisotopic (exact) mass is 398 g/mol. The molecule has 0 bridgehead atoms. The fraction of sp³-hybridized carbons (Fsp3) is 0.364. The summed E-state index contributed by atoms with van der Waals surface area (Å²) in [4.78, 5) is 9.62. The van der Waals surface area contributed by atoms with Crippen LogP contribution >= 0.6 is 12.4 Å². The van der Waals surface area contributed by atoms with Gasteiger partial charge < -0.3 is 15.4 Å². The molecule has 6 heteroatoms. The topological polar surface area (TPSA) is 59.1 Å². The van der Waals surface area contributed by atoms with Crippen LogP contribution in [0.1, 0.15) is 39.0 Å². The van der Waals surface area contributed by atoms with Crippen LogP contribution in [-0.2, 0) is 0 Å². The Balaban J connectivity index is 0.00000225. The van der Waals surface area contributed by atoms with Gasteiger partial charge in [0.15, 0.2) is 0 Å². The molecule has 1 heterocycles. The SMILES string of the molecule is COc1cccc2c(Nc3ccccc3)nc(NC3(C)CCCCC3)nc12.Cl. The first-order chi connectivity index (χ1) is 13.2. The fourth-order valence-electron chi connectivity index (χ4n) is 3.83. The Kier molecular flexibility index (Phi) is 6.25. The second-order valence-electron chi connectivity index (χ2n) is 7.49. The van der Waals surface area contributed by atoms with Gasteiger partial charge in [-0.25, -0.2) is 4.98 Å². The third-order valence-corrected chi connectivity index (χ3v) is 5.32. The largest absolute Gasteiger partial charge is 0.494 e. The predicted molar refractivity (Wildman–Crippen MR) is 118 cm³/mol. The van der Waals surface area contributed by atoms with E-state index in [9.17, 15) is 0 Å². The molecule has 2 N–H and O–H groups in total. The Hall–Kier alpha value is -2.53. The van der Waals surface area contributed by atoms with E-state index in [4.69, 9.17) is 14.7 Å². The second kappa shape index (κ2) is 8.65. The minimum absolute atomic E-state index is 0. The van der Waals surface area contributed by atoms with Crippen LogP contribution in [-0.4, -0.2) is 22.6 Å². The summed E-state index contributed by atoms with van der Waals surface area (Å²) >= 11 is 0. The van der Waals surface area contributed by atoms with Crippen LogP contribution in [0.5, 0.6) is 5.75 Å². The van der Waals surface area contributed by atoms with Crippen LogP contribution in [0.4, 0.5) is 17.5 Å². The van der Waals surface area contributed by atoms with Crippen molar-refractivity contribution in [1.82, 2.24) is 9.97 Å². The molecule has 3 aromatic rings. The average molecular weight is 399 g/mol. The van der Waals surface area contributed by atoms with Crippen molar-refractivity contribution in [1.29, 1.82) is 0 Å². The van der Waals surface area contributed by atoms with Crippen molar-refractivity contribution in [3.05, 3.63) is 48.5 Å². The maximum Gasteiger partial charge on any atom is 0.225 e. The van der Waals surface area contributed by atoms with Crippen molar-refractivity contribution in [3.8, 4) is 5.75 Å². The summed E-state index contributed by atoms with van der Waals surface area (Å²) in [6.07, 6.45) is 6.08. The van der Waals surface area contributed by atoms with Gasteiger partial charge in [-0.1, -0.05) is 43.5 Å². The van der Waals surface area contributed by atoms with Crippen LogP contribution in [0.2, 0.25) is 0 Å². The Morgan fingerprint density at radius 1 is 0.929 bits per heavy atom. The lowest BCUT2D eigenvalue weighted by atomic mass is 9.83. The van der Waals surface area contributed by atoms with E-state index in [-0.39, 0.29) is 17.9 Å². The average Bonchev–Trinajstić information content (AvgIpc) is 2.68. The number of ether oxygens (including phenoxy) is 1. The molecule has 2 aromatic carbocycles. The molecule has 148 valence electrons. The molecule has 1 saturated carbocycles. The lowest BCUT2D eigenvalue weighted by Gasteiger charge is -2.34. The van der Waals surface area contributed by atoms with Gasteiger partial charge in [0.1, 0.15) is 17.1 Å². The van der Waals surface area contributed by atoms with E-state index in [2.05, 4.69) is 17.6 Å². The highest BCUT2D eigenvalue weighted by Gasteiger charge is 2.28. The number of methoxy groups -OCH3 is 1. The lowest BCUT2D eigenvalue weighted by Crippen LogP contribution is -2.37. The Morgan fingerprint density at radius 3 is 2.39 bits per heavy atom. The lowest BCUT2D eigenvalue weighted by molar-refractivity contribution is 0.347. The number of hydrogen-bond acceptors (Lipinski definition) is 5. The number of benzene rings is 2. The molecular weight excluding hydrogens is 372 g/mol. The highest BCUT2D eigenvalue weighted by atomic mass is 35.5. The van der Waals surface area contributed by atoms with Gasteiger partial charge in [0, 0.05) is 16.6 Å². The van der Waals surface area contributed by atoms with Crippen LogP contribution in [0.3, 0.4) is 0 Å². The van der Waals surface area contributed by atoms with E-state index >= 15 is 0 Å². The molecule has 0 spiro atoms. The smallest absolute Gasteiger partial charge is 0.225 e. The second-order valence-corrected chi connectivity index (χ2v) is 7.49. The number of aromatic nitrogens is 2. The van der Waals surface area contributed by atoms with E-state index in [1.807, 2.05) is 48.5 Å². The summed E-state index contributed by atoms with van der Waals surface area (Å²) in [7, 11) is 1.68. The number of nitrogens with zero attached hydrogens (tertiary/aromatic N) is 2. The van der Waals surface area contributed by atoms with Crippen LogP contribution < -0.4 is 15.4 Å². The van der Waals surface area contributed by atoms with Gasteiger partial charge in [-0.05, 0) is 44.0 Å². The molecule has 5 nitrogen and oxygen atoms in total. The maximum atomic E-state index is 5.56. The summed E-state index contributed by atoms with van der Waals surface area (Å²) in [6, 6.07) is 16.0. The normalized spacial score (nSPS) is 15.5. The summed E-state index contributed by atoms with van der Waals surface area (Å²) in [5.74, 6) is 2.18. The summed E-state index contributed by atoms with van der Waals surface area (Å²) < 4.78 is 5.56. The van der Waals surface area contributed by atoms with Crippen molar-refractivity contribution in [2.75, 3.05) is 17.7 Å². The van der Waals surface area contributed by atoms with Crippen molar-refractivity contribution in [2.45, 2.75) is 44.6 Å². The highest BCUT2D eigenvalue weighted by Crippen LogP contribution is 2.34. The zero-order chi connectivity index (χ0) is 18.7. The minimum atomic E-state index is 0. The highest BCUT2D eigenvalue weighted by molar-refractivity contribution is 5.95. The molecule has 0 radical (unpaired) electrons. The number of nitrogens with one attached hydrogen (secondary N) is 2. The molecule has 1 fully saturated rings. The predicted octanol–water partition coefficient (Wildman–Crippen LogP) is 5.94. The standard InChI is InChI=1S/C22H26N4O.ClH/c1-22(14-7-4-8-15-22)26-21-24-19-17(12-9-13-18(19)27-2)20(25-21)23-16-10-5-3-6-11-16;/h3,5-6,9-13H,4,7-8,14-15H2,1-2H3,(H2,23,24,25,26);1H. The first kappa shape index (κ1) is 20.2. The van der Waals surface area contributed by atoms with Gasteiger partial charge in [-0.2, -0.15) is 4.98 Å². The molecule has 0 unspecified atom stereocenters. The van der Waals surface area contributed by atoms with Gasteiger partial charge in [0.2, 0.25) is 5.95 Å². The summed E-state index contributed by atoms with van der Waals surface area (Å²) in [6.45, 7) is 2.27. The maximum absolute atomic E-state index is 5.56. The molecule has 4 rings (SSSR count). The fourth-order valence-corrected chi connectivity index (χ4v) is 3.83. The molecule has 28 heavy (non-hydrogen) atoms. The van der Waals surface area contributed by atoms with E-state index in [1.54, 1.807) is 7.11 Å². The first-order valence-corrected chi connectivity index (χ1v) is 9.62. The number of halogens is 1.